The number of aromatic nitrogens is 2. The molecule has 146 valence electrons. The number of aryl methyl sites for hydroxylation is 2. The van der Waals surface area contributed by atoms with E-state index < -0.39 is 23.7 Å². The van der Waals surface area contributed by atoms with Crippen molar-refractivity contribution in [3.05, 3.63) is 53.4 Å². The number of halogens is 1. The number of carbonyl (C=O) groups is 2. The monoisotopic (exact) mass is 386 g/mol. The van der Waals surface area contributed by atoms with Crippen LogP contribution in [0.5, 0.6) is 0 Å². The van der Waals surface area contributed by atoms with E-state index in [1.54, 1.807) is 39.0 Å². The Morgan fingerprint density at radius 1 is 1.25 bits per heavy atom. The molecular weight excluding hydrogens is 367 g/mol. The second kappa shape index (κ2) is 8.03. The molecule has 0 aliphatic heterocycles. The fourth-order valence-electron chi connectivity index (χ4n) is 2.51. The van der Waals surface area contributed by atoms with Crippen LogP contribution in [0.4, 0.5) is 10.2 Å². The average Bonchev–Trinajstić information content (AvgIpc) is 3.20. The molecule has 0 aliphatic carbocycles. The second-order valence-corrected chi connectivity index (χ2v) is 6.31. The third kappa shape index (κ3) is 4.61. The zero-order valence-corrected chi connectivity index (χ0v) is 15.6. The first kappa shape index (κ1) is 19.3. The molecule has 8 nitrogen and oxygen atoms in total. The van der Waals surface area contributed by atoms with Gasteiger partial charge in [-0.15, -0.1) is 0 Å². The van der Waals surface area contributed by atoms with Gasteiger partial charge < -0.3 is 19.6 Å². The summed E-state index contributed by atoms with van der Waals surface area (Å²) in [6.07, 6.45) is -0.0780. The van der Waals surface area contributed by atoms with Gasteiger partial charge in [-0.05, 0) is 39.0 Å². The van der Waals surface area contributed by atoms with E-state index in [1.807, 2.05) is 0 Å². The van der Waals surface area contributed by atoms with Crippen LogP contribution in [0.25, 0.3) is 11.5 Å². The molecule has 28 heavy (non-hydrogen) atoms. The Bertz CT molecular complexity index is 1010. The number of amides is 2. The Morgan fingerprint density at radius 3 is 2.71 bits per heavy atom. The normalized spacial score (nSPS) is 11.9. The maximum absolute atomic E-state index is 13.4. The number of nitrogens with zero attached hydrogens (tertiary/aromatic N) is 2. The summed E-state index contributed by atoms with van der Waals surface area (Å²) in [5.41, 5.74) is 0.891. The number of benzene rings is 1. The van der Waals surface area contributed by atoms with Crippen LogP contribution in [0, 0.1) is 19.7 Å². The molecule has 0 radical (unpaired) electrons. The summed E-state index contributed by atoms with van der Waals surface area (Å²) in [4.78, 5) is 28.7. The van der Waals surface area contributed by atoms with Crippen molar-refractivity contribution >= 4 is 17.6 Å². The molecule has 3 rings (SSSR count). The van der Waals surface area contributed by atoms with Crippen molar-refractivity contribution in [2.45, 2.75) is 33.2 Å². The molecule has 2 N–H and O–H groups in total. The first-order valence-electron chi connectivity index (χ1n) is 8.57. The predicted octanol–water partition coefficient (Wildman–Crippen LogP) is 2.77. The Balaban J connectivity index is 1.60. The maximum atomic E-state index is 13.4. The van der Waals surface area contributed by atoms with Gasteiger partial charge in [0.1, 0.15) is 23.4 Å². The molecule has 0 bridgehead atoms. The van der Waals surface area contributed by atoms with Crippen LogP contribution in [0.1, 0.15) is 24.1 Å². The van der Waals surface area contributed by atoms with Crippen LogP contribution < -0.4 is 10.6 Å². The summed E-state index contributed by atoms with van der Waals surface area (Å²) in [5.74, 6) is 0.268. The Kier molecular flexibility index (Phi) is 5.53. The Hall–Kier alpha value is -3.49. The SMILES string of the molecule is Cc1cc(NC(=O)C(C)NC(=O)Cc2nc(-c3cccc(F)c3)oc2C)no1. The van der Waals surface area contributed by atoms with Crippen LogP contribution in [-0.2, 0) is 16.0 Å². The number of rotatable bonds is 6. The summed E-state index contributed by atoms with van der Waals surface area (Å²) in [5, 5.41) is 8.80. The highest BCUT2D eigenvalue weighted by Crippen LogP contribution is 2.22. The van der Waals surface area contributed by atoms with Gasteiger partial charge in [0.15, 0.2) is 5.82 Å². The first-order chi connectivity index (χ1) is 13.3. The van der Waals surface area contributed by atoms with E-state index in [1.165, 1.54) is 12.1 Å². The van der Waals surface area contributed by atoms with Crippen LogP contribution in [0.3, 0.4) is 0 Å². The highest BCUT2D eigenvalue weighted by molar-refractivity contribution is 5.96. The first-order valence-corrected chi connectivity index (χ1v) is 8.57. The molecule has 1 aromatic carbocycles. The summed E-state index contributed by atoms with van der Waals surface area (Å²) in [6, 6.07) is 6.61. The van der Waals surface area contributed by atoms with E-state index in [9.17, 15) is 14.0 Å². The average molecular weight is 386 g/mol. The van der Waals surface area contributed by atoms with Crippen LogP contribution in [0.15, 0.2) is 39.3 Å². The molecule has 0 saturated heterocycles. The van der Waals surface area contributed by atoms with Gasteiger partial charge in [-0.1, -0.05) is 11.2 Å². The molecule has 0 spiro atoms. The number of carbonyl (C=O) groups excluding carboxylic acids is 2. The highest BCUT2D eigenvalue weighted by Gasteiger charge is 2.20. The van der Waals surface area contributed by atoms with Gasteiger partial charge in [0.2, 0.25) is 17.7 Å². The smallest absolute Gasteiger partial charge is 0.247 e. The van der Waals surface area contributed by atoms with Gasteiger partial charge in [0.25, 0.3) is 0 Å². The minimum Gasteiger partial charge on any atom is -0.441 e. The topological polar surface area (TPSA) is 110 Å². The third-order valence-electron chi connectivity index (χ3n) is 3.94. The van der Waals surface area contributed by atoms with E-state index in [-0.39, 0.29) is 18.1 Å². The van der Waals surface area contributed by atoms with E-state index in [0.717, 1.165) is 0 Å². The van der Waals surface area contributed by atoms with E-state index >= 15 is 0 Å². The van der Waals surface area contributed by atoms with Gasteiger partial charge in [0.05, 0.1) is 12.1 Å². The van der Waals surface area contributed by atoms with Crippen molar-refractivity contribution in [3.63, 3.8) is 0 Å². The lowest BCUT2D eigenvalue weighted by Gasteiger charge is -2.12. The van der Waals surface area contributed by atoms with Crippen molar-refractivity contribution in [2.24, 2.45) is 0 Å². The highest BCUT2D eigenvalue weighted by atomic mass is 19.1. The van der Waals surface area contributed by atoms with Crippen molar-refractivity contribution in [2.75, 3.05) is 5.32 Å². The molecule has 1 unspecified atom stereocenters. The zero-order chi connectivity index (χ0) is 20.3. The molecule has 0 aliphatic rings. The van der Waals surface area contributed by atoms with Gasteiger partial charge in [0, 0.05) is 11.6 Å². The molecule has 2 amide bonds. The van der Waals surface area contributed by atoms with Crippen molar-refractivity contribution in [3.8, 4) is 11.5 Å². The summed E-state index contributed by atoms with van der Waals surface area (Å²) >= 11 is 0. The largest absolute Gasteiger partial charge is 0.441 e. The summed E-state index contributed by atoms with van der Waals surface area (Å²) in [6.45, 7) is 4.92. The molecule has 2 aromatic heterocycles. The molecule has 3 aromatic rings. The van der Waals surface area contributed by atoms with E-state index in [2.05, 4.69) is 20.8 Å². The summed E-state index contributed by atoms with van der Waals surface area (Å²) in [7, 11) is 0. The number of hydrogen-bond acceptors (Lipinski definition) is 6. The third-order valence-corrected chi connectivity index (χ3v) is 3.94. The minimum atomic E-state index is -0.792. The molecule has 1 atom stereocenters. The maximum Gasteiger partial charge on any atom is 0.247 e. The van der Waals surface area contributed by atoms with E-state index in [0.29, 0.717) is 22.8 Å². The molecule has 2 heterocycles. The van der Waals surface area contributed by atoms with Crippen LogP contribution in [0.2, 0.25) is 0 Å². The Morgan fingerprint density at radius 2 is 2.04 bits per heavy atom. The van der Waals surface area contributed by atoms with Crippen LogP contribution >= 0.6 is 0 Å². The predicted molar refractivity (Wildman–Crippen MR) is 97.8 cm³/mol. The number of nitrogens with one attached hydrogen (secondary N) is 2. The van der Waals surface area contributed by atoms with Crippen molar-refractivity contribution < 1.29 is 22.9 Å². The number of anilines is 1. The number of hydrogen-bond donors (Lipinski definition) is 2. The Labute approximate surface area is 160 Å². The van der Waals surface area contributed by atoms with Gasteiger partial charge in [-0.25, -0.2) is 9.37 Å². The van der Waals surface area contributed by atoms with Gasteiger partial charge in [-0.2, -0.15) is 0 Å². The molecule has 0 fully saturated rings. The van der Waals surface area contributed by atoms with E-state index in [4.69, 9.17) is 8.94 Å². The summed E-state index contributed by atoms with van der Waals surface area (Å²) < 4.78 is 23.8. The molecule has 0 saturated carbocycles. The lowest BCUT2D eigenvalue weighted by Crippen LogP contribution is -2.42. The van der Waals surface area contributed by atoms with Crippen molar-refractivity contribution in [1.29, 1.82) is 0 Å². The van der Waals surface area contributed by atoms with Crippen molar-refractivity contribution in [1.82, 2.24) is 15.5 Å². The van der Waals surface area contributed by atoms with Gasteiger partial charge in [-0.3, -0.25) is 9.59 Å². The lowest BCUT2D eigenvalue weighted by atomic mass is 10.2. The minimum absolute atomic E-state index is 0.0780. The fraction of sp³-hybridized carbons (Fsp3) is 0.263. The van der Waals surface area contributed by atoms with Gasteiger partial charge >= 0.3 is 0 Å². The lowest BCUT2D eigenvalue weighted by molar-refractivity contribution is -0.125. The van der Waals surface area contributed by atoms with Crippen LogP contribution in [-0.4, -0.2) is 28.0 Å². The second-order valence-electron chi connectivity index (χ2n) is 6.31. The quantitative estimate of drug-likeness (QED) is 0.674. The standard InChI is InChI=1S/C19H19FN4O4/c1-10-7-16(24-28-10)23-18(26)11(2)21-17(25)9-15-12(3)27-19(22-15)13-5-4-6-14(20)8-13/h4-8,11H,9H2,1-3H3,(H,21,25)(H,23,24,26). The fourth-order valence-corrected chi connectivity index (χ4v) is 2.51. The molecular formula is C19H19FN4O4. The number of oxazole rings is 1. The molecule has 9 heteroatoms. The zero-order valence-electron chi connectivity index (χ0n) is 15.6.